The van der Waals surface area contributed by atoms with E-state index in [1.165, 1.54) is 10.4 Å². The summed E-state index contributed by atoms with van der Waals surface area (Å²) in [5, 5.41) is 0. The van der Waals surface area contributed by atoms with Crippen molar-refractivity contribution in [3.63, 3.8) is 0 Å². The Morgan fingerprint density at radius 1 is 1.00 bits per heavy atom. The van der Waals surface area contributed by atoms with Crippen LogP contribution in [0.4, 0.5) is 0 Å². The molecule has 0 spiro atoms. The quantitative estimate of drug-likeness (QED) is 0.672. The monoisotopic (exact) mass is 457 g/mol. The third kappa shape index (κ3) is 5.40. The van der Waals surface area contributed by atoms with E-state index in [2.05, 4.69) is 4.72 Å². The van der Waals surface area contributed by atoms with Crippen molar-refractivity contribution in [1.82, 2.24) is 13.9 Å². The molecule has 2 aliphatic heterocycles. The van der Waals surface area contributed by atoms with Gasteiger partial charge in [0, 0.05) is 32.2 Å². The molecule has 0 atom stereocenters. The molecule has 1 N–H and O–H groups in total. The lowest BCUT2D eigenvalue weighted by molar-refractivity contribution is 0.0707. The lowest BCUT2D eigenvalue weighted by Crippen LogP contribution is -2.47. The minimum Gasteiger partial charge on any atom is -0.338 e. The van der Waals surface area contributed by atoms with Gasteiger partial charge in [-0.15, -0.1) is 0 Å². The Balaban J connectivity index is 1.71. The van der Waals surface area contributed by atoms with Gasteiger partial charge in [-0.2, -0.15) is 4.31 Å². The van der Waals surface area contributed by atoms with E-state index in [9.17, 15) is 21.6 Å². The van der Waals surface area contributed by atoms with Gasteiger partial charge in [-0.1, -0.05) is 25.5 Å². The Kier molecular flexibility index (Phi) is 7.54. The Morgan fingerprint density at radius 2 is 1.63 bits per heavy atom. The second-order valence-corrected chi connectivity index (χ2v) is 11.7. The van der Waals surface area contributed by atoms with Crippen molar-refractivity contribution in [2.75, 3.05) is 31.9 Å². The van der Waals surface area contributed by atoms with Gasteiger partial charge in [-0.05, 0) is 44.2 Å². The van der Waals surface area contributed by atoms with Gasteiger partial charge in [-0.25, -0.2) is 21.6 Å². The van der Waals surface area contributed by atoms with E-state index in [1.54, 1.807) is 23.1 Å². The van der Waals surface area contributed by atoms with E-state index in [1.807, 2.05) is 6.92 Å². The molecule has 168 valence electrons. The van der Waals surface area contributed by atoms with E-state index in [0.29, 0.717) is 45.4 Å². The van der Waals surface area contributed by atoms with E-state index in [0.717, 1.165) is 19.3 Å². The normalized spacial score (nSPS) is 19.7. The van der Waals surface area contributed by atoms with Crippen LogP contribution in [0.25, 0.3) is 0 Å². The van der Waals surface area contributed by atoms with Crippen LogP contribution in [-0.2, 0) is 20.0 Å². The summed E-state index contributed by atoms with van der Waals surface area (Å²) in [4.78, 5) is 14.8. The fraction of sp³-hybridized carbons (Fsp3) is 0.650. The molecule has 2 saturated heterocycles. The Bertz CT molecular complexity index is 948. The van der Waals surface area contributed by atoms with E-state index >= 15 is 0 Å². The molecule has 0 bridgehead atoms. The fourth-order valence-electron chi connectivity index (χ4n) is 4.06. The van der Waals surface area contributed by atoms with Gasteiger partial charge in [0.05, 0.1) is 16.2 Å². The van der Waals surface area contributed by atoms with Crippen LogP contribution >= 0.6 is 0 Å². The highest BCUT2D eigenvalue weighted by Crippen LogP contribution is 2.25. The third-order valence-corrected chi connectivity index (χ3v) is 9.25. The first-order valence-electron chi connectivity index (χ1n) is 10.6. The maximum atomic E-state index is 13.1. The van der Waals surface area contributed by atoms with Crippen LogP contribution in [0.3, 0.4) is 0 Å². The summed E-state index contributed by atoms with van der Waals surface area (Å²) in [6.07, 6.45) is 4.25. The zero-order chi connectivity index (χ0) is 21.8. The number of hydrogen-bond acceptors (Lipinski definition) is 5. The number of nitrogens with zero attached hydrogens (tertiary/aromatic N) is 2. The molecular formula is C20H31N3O5S2. The van der Waals surface area contributed by atoms with Gasteiger partial charge < -0.3 is 4.90 Å². The predicted molar refractivity (Wildman–Crippen MR) is 115 cm³/mol. The fourth-order valence-corrected chi connectivity index (χ4v) is 7.16. The lowest BCUT2D eigenvalue weighted by atomic mass is 10.0. The van der Waals surface area contributed by atoms with Gasteiger partial charge in [-0.3, -0.25) is 4.79 Å². The Labute approximate surface area is 179 Å². The highest BCUT2D eigenvalue weighted by Gasteiger charge is 2.32. The largest absolute Gasteiger partial charge is 0.338 e. The van der Waals surface area contributed by atoms with Crippen molar-refractivity contribution < 1.29 is 21.6 Å². The summed E-state index contributed by atoms with van der Waals surface area (Å²) >= 11 is 0. The Hall–Kier alpha value is -1.49. The number of carbonyl (C=O) groups excluding carboxylic acids is 1. The number of sulfonamides is 2. The first-order valence-corrected chi connectivity index (χ1v) is 13.7. The molecule has 0 aromatic heterocycles. The number of likely N-dealkylation sites (tertiary alicyclic amines) is 1. The molecule has 0 unspecified atom stereocenters. The summed E-state index contributed by atoms with van der Waals surface area (Å²) in [5.41, 5.74) is 0.188. The van der Waals surface area contributed by atoms with E-state index in [-0.39, 0.29) is 28.2 Å². The van der Waals surface area contributed by atoms with Gasteiger partial charge in [0.15, 0.2) is 0 Å². The smallest absolute Gasteiger partial charge is 0.255 e. The number of amides is 1. The first kappa shape index (κ1) is 23.2. The van der Waals surface area contributed by atoms with Crippen molar-refractivity contribution in [2.24, 2.45) is 0 Å². The molecule has 8 nitrogen and oxygen atoms in total. The average Bonchev–Trinajstić information content (AvgIpc) is 2.74. The van der Waals surface area contributed by atoms with Gasteiger partial charge in [0.25, 0.3) is 5.91 Å². The van der Waals surface area contributed by atoms with Crippen molar-refractivity contribution in [3.05, 3.63) is 29.8 Å². The molecule has 1 amide bonds. The van der Waals surface area contributed by atoms with Gasteiger partial charge >= 0.3 is 0 Å². The third-order valence-electron chi connectivity index (χ3n) is 5.65. The number of hydrogen-bond donors (Lipinski definition) is 1. The van der Waals surface area contributed by atoms with Gasteiger partial charge in [0.2, 0.25) is 20.0 Å². The summed E-state index contributed by atoms with van der Waals surface area (Å²) < 4.78 is 54.4. The van der Waals surface area contributed by atoms with Crippen LogP contribution in [0.1, 0.15) is 55.8 Å². The molecule has 0 aliphatic carbocycles. The maximum absolute atomic E-state index is 13.1. The zero-order valence-electron chi connectivity index (χ0n) is 17.4. The van der Waals surface area contributed by atoms with Crippen LogP contribution in [0.15, 0.2) is 29.2 Å². The van der Waals surface area contributed by atoms with Crippen molar-refractivity contribution in [1.29, 1.82) is 0 Å². The molecule has 2 aliphatic rings. The number of nitrogens with one attached hydrogen (secondary N) is 1. The van der Waals surface area contributed by atoms with Gasteiger partial charge in [0.1, 0.15) is 0 Å². The molecule has 1 aromatic carbocycles. The number of benzene rings is 1. The molecule has 1 aromatic rings. The second-order valence-electron chi connectivity index (χ2n) is 7.96. The van der Waals surface area contributed by atoms with Crippen molar-refractivity contribution in [2.45, 2.75) is 56.4 Å². The highest BCUT2D eigenvalue weighted by molar-refractivity contribution is 7.89. The van der Waals surface area contributed by atoms with Crippen LogP contribution in [0.5, 0.6) is 0 Å². The number of rotatable bonds is 7. The molecule has 10 heteroatoms. The standard InChI is InChI=1S/C20H31N3O5S2/c1-2-16-29(25,26)21-17-10-14-22(15-11-17)20(24)18-8-4-5-9-19(18)30(27,28)23-12-6-3-7-13-23/h4-5,8-9,17,21H,2-3,6-7,10-16H2,1H3. The van der Waals surface area contributed by atoms with Crippen LogP contribution in [0, 0.1) is 0 Å². The number of carbonyl (C=O) groups is 1. The minimum atomic E-state index is -3.72. The Morgan fingerprint density at radius 3 is 2.27 bits per heavy atom. The summed E-state index contributed by atoms with van der Waals surface area (Å²) in [6, 6.07) is 6.19. The van der Waals surface area contributed by atoms with Crippen LogP contribution < -0.4 is 4.72 Å². The first-order chi connectivity index (χ1) is 14.2. The molecule has 0 radical (unpaired) electrons. The minimum absolute atomic E-state index is 0.0580. The van der Waals surface area contributed by atoms with E-state index < -0.39 is 20.0 Å². The highest BCUT2D eigenvalue weighted by atomic mass is 32.2. The summed E-state index contributed by atoms with van der Waals surface area (Å²) in [6.45, 7) is 3.55. The molecule has 2 heterocycles. The zero-order valence-corrected chi connectivity index (χ0v) is 19.1. The lowest BCUT2D eigenvalue weighted by Gasteiger charge is -2.33. The second kappa shape index (κ2) is 9.76. The van der Waals surface area contributed by atoms with Crippen LogP contribution in [-0.4, -0.2) is 69.9 Å². The molecule has 3 rings (SSSR count). The maximum Gasteiger partial charge on any atom is 0.255 e. The summed E-state index contributed by atoms with van der Waals surface area (Å²) in [5.74, 6) is -0.227. The number of piperidine rings is 2. The average molecular weight is 458 g/mol. The topological polar surface area (TPSA) is 104 Å². The molecular weight excluding hydrogens is 426 g/mol. The summed E-state index contributed by atoms with van der Waals surface area (Å²) in [7, 11) is -7.02. The molecule has 0 saturated carbocycles. The van der Waals surface area contributed by atoms with Crippen molar-refractivity contribution in [3.8, 4) is 0 Å². The van der Waals surface area contributed by atoms with Crippen molar-refractivity contribution >= 4 is 26.0 Å². The SMILES string of the molecule is CCCS(=O)(=O)NC1CCN(C(=O)c2ccccc2S(=O)(=O)N2CCCCC2)CC1. The predicted octanol–water partition coefficient (Wildman–Crippen LogP) is 1.80. The molecule has 30 heavy (non-hydrogen) atoms. The van der Waals surface area contributed by atoms with Crippen LogP contribution in [0.2, 0.25) is 0 Å². The van der Waals surface area contributed by atoms with E-state index in [4.69, 9.17) is 0 Å². The molecule has 2 fully saturated rings.